The number of nitrogens with one attached hydrogen (secondary N) is 2. The lowest BCUT2D eigenvalue weighted by atomic mass is 10.4. The van der Waals surface area contributed by atoms with Crippen LogP contribution in [0.5, 0.6) is 0 Å². The minimum Gasteiger partial charge on any atom is -0.368 e. The maximum atomic E-state index is 5.37. The van der Waals surface area contributed by atoms with Crippen LogP contribution < -0.4 is 5.73 Å². The maximum absolute atomic E-state index is 5.37. The number of aromatic nitrogens is 5. The summed E-state index contributed by atoms with van der Waals surface area (Å²) in [7, 11) is 0. The predicted octanol–water partition coefficient (Wildman–Crippen LogP) is 0.402. The first-order chi connectivity index (χ1) is 6.34. The minimum absolute atomic E-state index is 0.342. The quantitative estimate of drug-likeness (QED) is 0.617. The fourth-order valence-corrected chi connectivity index (χ4v) is 1.55. The van der Waals surface area contributed by atoms with E-state index in [2.05, 4.69) is 25.4 Å². The number of hydrogen-bond acceptors (Lipinski definition) is 5. The summed E-state index contributed by atoms with van der Waals surface area (Å²) < 4.78 is 0. The summed E-state index contributed by atoms with van der Waals surface area (Å²) in [5, 5.41) is 13.7. The van der Waals surface area contributed by atoms with E-state index < -0.39 is 0 Å². The van der Waals surface area contributed by atoms with E-state index >= 15 is 0 Å². The van der Waals surface area contributed by atoms with E-state index in [0.29, 0.717) is 11.1 Å². The van der Waals surface area contributed by atoms with Crippen LogP contribution in [0.2, 0.25) is 0 Å². The third-order valence-corrected chi connectivity index (χ3v) is 2.32. The number of H-pyrrole nitrogens is 2. The van der Waals surface area contributed by atoms with Crippen molar-refractivity contribution in [1.82, 2.24) is 25.4 Å². The Balaban J connectivity index is 1.93. The number of nitrogens with two attached hydrogens (primary N) is 1. The molecule has 0 aliphatic carbocycles. The van der Waals surface area contributed by atoms with Crippen LogP contribution in [0.4, 0.5) is 5.95 Å². The summed E-state index contributed by atoms with van der Waals surface area (Å²) >= 11 is 1.51. The van der Waals surface area contributed by atoms with Crippen molar-refractivity contribution < 1.29 is 0 Å². The van der Waals surface area contributed by atoms with Gasteiger partial charge in [-0.3, -0.25) is 5.10 Å². The maximum Gasteiger partial charge on any atom is 0.216 e. The van der Waals surface area contributed by atoms with E-state index in [0.717, 1.165) is 11.3 Å². The van der Waals surface area contributed by atoms with Gasteiger partial charge in [0.05, 0.1) is 6.20 Å². The molecule has 0 radical (unpaired) electrons. The van der Waals surface area contributed by atoms with Gasteiger partial charge in [0, 0.05) is 17.5 Å². The molecule has 0 fully saturated rings. The van der Waals surface area contributed by atoms with Crippen LogP contribution in [-0.2, 0) is 5.75 Å². The zero-order chi connectivity index (χ0) is 9.10. The average molecular weight is 196 g/mol. The number of nitrogen functional groups attached to an aromatic ring is 1. The zero-order valence-corrected chi connectivity index (χ0v) is 7.51. The molecule has 4 N–H and O–H groups in total. The Hall–Kier alpha value is -1.50. The van der Waals surface area contributed by atoms with Gasteiger partial charge in [-0.1, -0.05) is 11.8 Å². The molecule has 2 rings (SSSR count). The molecule has 0 saturated carbocycles. The largest absolute Gasteiger partial charge is 0.368 e. The summed E-state index contributed by atoms with van der Waals surface area (Å²) in [5.41, 5.74) is 6.47. The normalized spacial score (nSPS) is 10.5. The third kappa shape index (κ3) is 2.00. The summed E-state index contributed by atoms with van der Waals surface area (Å²) in [6.07, 6.45) is 3.60. The molecule has 2 heterocycles. The second-order valence-electron chi connectivity index (χ2n) is 2.40. The summed E-state index contributed by atoms with van der Waals surface area (Å²) in [6.45, 7) is 0. The Labute approximate surface area is 78.3 Å². The van der Waals surface area contributed by atoms with Crippen LogP contribution >= 0.6 is 11.8 Å². The number of rotatable bonds is 3. The minimum atomic E-state index is 0.342. The molecule has 68 valence electrons. The molecule has 13 heavy (non-hydrogen) atoms. The van der Waals surface area contributed by atoms with Gasteiger partial charge in [-0.2, -0.15) is 10.1 Å². The molecule has 0 saturated heterocycles. The van der Waals surface area contributed by atoms with E-state index in [-0.39, 0.29) is 0 Å². The molecule has 2 aromatic rings. The van der Waals surface area contributed by atoms with Gasteiger partial charge in [0.25, 0.3) is 0 Å². The lowest BCUT2D eigenvalue weighted by Crippen LogP contribution is -1.85. The van der Waals surface area contributed by atoms with Gasteiger partial charge in [0.2, 0.25) is 11.1 Å². The van der Waals surface area contributed by atoms with Gasteiger partial charge in [-0.25, -0.2) is 5.10 Å². The predicted molar refractivity (Wildman–Crippen MR) is 48.9 cm³/mol. The van der Waals surface area contributed by atoms with Gasteiger partial charge in [-0.15, -0.1) is 5.10 Å². The molecular formula is C6H8N6S. The van der Waals surface area contributed by atoms with E-state index in [1.54, 1.807) is 6.20 Å². The van der Waals surface area contributed by atoms with Crippen molar-refractivity contribution in [2.45, 2.75) is 10.9 Å². The summed E-state index contributed by atoms with van der Waals surface area (Å²) in [4.78, 5) is 3.95. The molecule has 0 aliphatic heterocycles. The molecule has 2 aromatic heterocycles. The van der Waals surface area contributed by atoms with Crippen molar-refractivity contribution in [3.63, 3.8) is 0 Å². The Morgan fingerprint density at radius 1 is 1.54 bits per heavy atom. The highest BCUT2D eigenvalue weighted by Crippen LogP contribution is 2.17. The van der Waals surface area contributed by atoms with Crippen molar-refractivity contribution in [2.75, 3.05) is 5.73 Å². The van der Waals surface area contributed by atoms with E-state index in [1.165, 1.54) is 11.8 Å². The Morgan fingerprint density at radius 3 is 3.08 bits per heavy atom. The monoisotopic (exact) mass is 196 g/mol. The standard InChI is InChI=1S/C6H8N6S/c7-5-10-6(12-11-5)13-3-4-1-8-9-2-4/h1-2H,3H2,(H,8,9)(H3,7,10,11,12). The third-order valence-electron chi connectivity index (χ3n) is 1.40. The van der Waals surface area contributed by atoms with Crippen LogP contribution in [-0.4, -0.2) is 25.4 Å². The van der Waals surface area contributed by atoms with Gasteiger partial charge >= 0.3 is 0 Å². The number of anilines is 1. The Kier molecular flexibility index (Phi) is 2.17. The first-order valence-corrected chi connectivity index (χ1v) is 4.61. The van der Waals surface area contributed by atoms with Crippen molar-refractivity contribution in [2.24, 2.45) is 0 Å². The highest BCUT2D eigenvalue weighted by Gasteiger charge is 2.01. The average Bonchev–Trinajstić information content (AvgIpc) is 2.71. The first-order valence-electron chi connectivity index (χ1n) is 3.63. The van der Waals surface area contributed by atoms with Gasteiger partial charge in [0.1, 0.15) is 0 Å². The van der Waals surface area contributed by atoms with Gasteiger partial charge < -0.3 is 5.73 Å². The highest BCUT2D eigenvalue weighted by molar-refractivity contribution is 7.98. The van der Waals surface area contributed by atoms with Crippen LogP contribution in [0.25, 0.3) is 0 Å². The topological polar surface area (TPSA) is 96.3 Å². The first kappa shape index (κ1) is 8.11. The van der Waals surface area contributed by atoms with Crippen molar-refractivity contribution >= 4 is 17.7 Å². The summed E-state index contributed by atoms with van der Waals surface area (Å²) in [5.74, 6) is 1.13. The molecular weight excluding hydrogens is 188 g/mol. The number of thioether (sulfide) groups is 1. The Bertz CT molecular complexity index is 366. The molecule has 0 atom stereocenters. The van der Waals surface area contributed by atoms with Gasteiger partial charge in [0.15, 0.2) is 0 Å². The lowest BCUT2D eigenvalue weighted by molar-refractivity contribution is 0.973. The van der Waals surface area contributed by atoms with E-state index in [4.69, 9.17) is 5.73 Å². The Morgan fingerprint density at radius 2 is 2.46 bits per heavy atom. The molecule has 0 amide bonds. The lowest BCUT2D eigenvalue weighted by Gasteiger charge is -1.90. The number of aromatic amines is 2. The molecule has 6 nitrogen and oxygen atoms in total. The number of nitrogens with zero attached hydrogens (tertiary/aromatic N) is 3. The fraction of sp³-hybridized carbons (Fsp3) is 0.167. The second kappa shape index (κ2) is 3.48. The SMILES string of the molecule is Nc1nc(SCc2cn[nH]c2)n[nH]1. The van der Waals surface area contributed by atoms with Crippen molar-refractivity contribution in [3.8, 4) is 0 Å². The van der Waals surface area contributed by atoms with Crippen molar-refractivity contribution in [3.05, 3.63) is 18.0 Å². The number of hydrogen-bond donors (Lipinski definition) is 3. The molecule has 0 bridgehead atoms. The van der Waals surface area contributed by atoms with E-state index in [9.17, 15) is 0 Å². The van der Waals surface area contributed by atoms with Gasteiger partial charge in [-0.05, 0) is 0 Å². The smallest absolute Gasteiger partial charge is 0.216 e. The molecule has 0 aromatic carbocycles. The fourth-order valence-electron chi connectivity index (χ4n) is 0.827. The molecule has 0 spiro atoms. The zero-order valence-electron chi connectivity index (χ0n) is 6.69. The van der Waals surface area contributed by atoms with Crippen LogP contribution in [0.1, 0.15) is 5.56 Å². The molecule has 0 aliphatic rings. The molecule has 0 unspecified atom stereocenters. The van der Waals surface area contributed by atoms with Crippen LogP contribution in [0.3, 0.4) is 0 Å². The van der Waals surface area contributed by atoms with Crippen LogP contribution in [0, 0.1) is 0 Å². The van der Waals surface area contributed by atoms with E-state index in [1.807, 2.05) is 6.20 Å². The highest BCUT2D eigenvalue weighted by atomic mass is 32.2. The summed E-state index contributed by atoms with van der Waals surface area (Å²) in [6, 6.07) is 0. The van der Waals surface area contributed by atoms with Crippen molar-refractivity contribution in [1.29, 1.82) is 0 Å². The van der Waals surface area contributed by atoms with Crippen LogP contribution in [0.15, 0.2) is 17.6 Å². The molecule has 7 heteroatoms. The second-order valence-corrected chi connectivity index (χ2v) is 3.34.